The number of aromatic nitrogens is 5. The number of ether oxygens (including phenoxy) is 2. The van der Waals surface area contributed by atoms with Gasteiger partial charge in [0, 0.05) is 85.9 Å². The molecule has 7 aromatic carbocycles. The van der Waals surface area contributed by atoms with E-state index in [-0.39, 0.29) is 20.8 Å². The van der Waals surface area contributed by atoms with Crippen LogP contribution in [0.5, 0.6) is 0 Å². The SMILES string of the molecule is CCc1nc2c(C)cc(C)cc2n1Cc1ccc(-c2cc(CN3CCOCC3)sc2S(=O)(=O)NC(=O)C(c2ccccc2)c2ccc(C3CN(Cc4ccc(S(=O)(=O)NC(=O)c5ccccc5)c(-c5ccc(Cn6c(CC)nc7c(C)cc(C)nc76)cc5)c4)CCO3)cc2)cc1. The Labute approximate surface area is 564 Å². The molecule has 2 atom stereocenters. The van der Waals surface area contributed by atoms with Crippen molar-refractivity contribution in [3.8, 4) is 22.3 Å². The molecule has 2 aliphatic heterocycles. The Balaban J connectivity index is 0.741. The molecule has 2 saturated heterocycles. The van der Waals surface area contributed by atoms with Gasteiger partial charge in [0.25, 0.3) is 26.0 Å². The lowest BCUT2D eigenvalue weighted by molar-refractivity contribution is -0.119. The summed E-state index contributed by atoms with van der Waals surface area (Å²) < 4.78 is 80.0. The maximum absolute atomic E-state index is 15.0. The van der Waals surface area contributed by atoms with Crippen LogP contribution in [-0.2, 0) is 73.3 Å². The third-order valence-corrected chi connectivity index (χ3v) is 22.5. The summed E-state index contributed by atoms with van der Waals surface area (Å²) in [4.78, 5) is 48.5. The topological polar surface area (TPSA) is 200 Å². The first-order chi connectivity index (χ1) is 46.4. The van der Waals surface area contributed by atoms with Gasteiger partial charge in [-0.25, -0.2) is 41.2 Å². The Morgan fingerprint density at radius 2 is 1.18 bits per heavy atom. The zero-order valence-corrected chi connectivity index (χ0v) is 57.2. The molecule has 0 radical (unpaired) electrons. The minimum absolute atomic E-state index is 0.0365. The standard InChI is InChI=1S/C76H77N9O8S3/c1-7-68-78-71-50(4)39-49(3)40-65(71)84(68)45-53-21-26-57(27-22-53)64-43-62(47-82-33-36-92-37-34-82)94-76(64)96(90,91)81-75(87)70(59-15-11-9-12-16-59)60-30-28-58(29-31-60)66-48-83(35-38-93-66)44-55-23-32-67(95(88,89)80-74(86)61-17-13-10-14-18-61)63(42-55)56-24-19-54(20-25-56)46-85-69(8-2)79-72-51(5)41-52(6)77-73(72)85/h9-32,39-43,66,70H,7-8,33-38,44-48H2,1-6H3,(H,80,86)(H,81,87). The molecule has 0 aliphatic carbocycles. The number of sulfonamides is 2. The summed E-state index contributed by atoms with van der Waals surface area (Å²) >= 11 is 1.18. The van der Waals surface area contributed by atoms with Crippen LogP contribution in [0, 0.1) is 27.7 Å². The van der Waals surface area contributed by atoms with Gasteiger partial charge in [-0.2, -0.15) is 0 Å². The molecule has 6 heterocycles. The number of benzene rings is 7. The summed E-state index contributed by atoms with van der Waals surface area (Å²) in [6.07, 6.45) is 1.13. The number of thiophene rings is 1. The fourth-order valence-electron chi connectivity index (χ4n) is 13.3. The van der Waals surface area contributed by atoms with E-state index in [1.165, 1.54) is 16.9 Å². The second kappa shape index (κ2) is 28.0. The molecule has 17 nitrogen and oxygen atoms in total. The summed E-state index contributed by atoms with van der Waals surface area (Å²) in [5.41, 5.74) is 15.6. The maximum atomic E-state index is 15.0. The van der Waals surface area contributed by atoms with Crippen molar-refractivity contribution in [2.45, 2.75) is 102 Å². The number of morpholine rings is 2. The second-order valence-corrected chi connectivity index (χ2v) is 29.7. The molecular formula is C76H77N9O8S3. The molecule has 2 fully saturated rings. The molecule has 4 aromatic heterocycles. The lowest BCUT2D eigenvalue weighted by Crippen LogP contribution is -2.38. The third kappa shape index (κ3) is 14.1. The summed E-state index contributed by atoms with van der Waals surface area (Å²) in [6, 6.07) is 54.4. The van der Waals surface area contributed by atoms with E-state index in [0.717, 1.165) is 109 Å². The smallest absolute Gasteiger partial charge is 0.274 e. The fourth-order valence-corrected chi connectivity index (χ4v) is 17.3. The van der Waals surface area contributed by atoms with Crippen LogP contribution in [0.3, 0.4) is 0 Å². The van der Waals surface area contributed by atoms with Gasteiger partial charge in [0.15, 0.2) is 5.65 Å². The third-order valence-electron chi connectivity index (χ3n) is 18.1. The van der Waals surface area contributed by atoms with Crippen molar-refractivity contribution in [1.29, 1.82) is 0 Å². The van der Waals surface area contributed by atoms with Crippen molar-refractivity contribution in [1.82, 2.24) is 43.3 Å². The maximum Gasteiger partial charge on any atom is 0.274 e. The molecule has 0 bridgehead atoms. The number of hydrogen-bond acceptors (Lipinski definition) is 14. The van der Waals surface area contributed by atoms with E-state index in [1.807, 2.05) is 135 Å². The lowest BCUT2D eigenvalue weighted by Gasteiger charge is -2.33. The average molecular weight is 1340 g/mol. The zero-order valence-electron chi connectivity index (χ0n) is 54.7. The van der Waals surface area contributed by atoms with Crippen molar-refractivity contribution >= 4 is 65.4 Å². The van der Waals surface area contributed by atoms with Gasteiger partial charge in [-0.05, 0) is 131 Å². The van der Waals surface area contributed by atoms with Gasteiger partial charge in [0.2, 0.25) is 5.91 Å². The summed E-state index contributed by atoms with van der Waals surface area (Å²) in [6.45, 7) is 18.7. The Morgan fingerprint density at radius 3 is 1.86 bits per heavy atom. The highest BCUT2D eigenvalue weighted by Gasteiger charge is 2.33. The number of hydrogen-bond donors (Lipinski definition) is 2. The molecule has 11 aromatic rings. The largest absolute Gasteiger partial charge is 0.379 e. The number of imidazole rings is 2. The van der Waals surface area contributed by atoms with Crippen molar-refractivity contribution < 1.29 is 35.9 Å². The highest BCUT2D eigenvalue weighted by molar-refractivity contribution is 7.92. The molecule has 2 amide bonds. The Bertz CT molecular complexity index is 4910. The number of aryl methyl sites for hydroxylation is 6. The quantitative estimate of drug-likeness (QED) is 0.0689. The normalized spacial score (nSPS) is 15.3. The number of amides is 2. The Morgan fingerprint density at radius 1 is 0.573 bits per heavy atom. The van der Waals surface area contributed by atoms with E-state index in [1.54, 1.807) is 42.5 Å². The molecule has 0 spiro atoms. The zero-order chi connectivity index (χ0) is 66.8. The Hall–Kier alpha value is -8.99. The van der Waals surface area contributed by atoms with E-state index in [2.05, 4.69) is 68.2 Å². The van der Waals surface area contributed by atoms with Crippen molar-refractivity contribution in [2.75, 3.05) is 46.0 Å². The fraction of sp³-hybridized carbons (Fsp3) is 0.276. The average Bonchev–Trinajstić information content (AvgIpc) is 1.41. The van der Waals surface area contributed by atoms with Crippen LogP contribution >= 0.6 is 11.3 Å². The predicted molar refractivity (Wildman–Crippen MR) is 376 cm³/mol. The lowest BCUT2D eigenvalue weighted by atomic mass is 9.89. The number of carbonyl (C=O) groups is 2. The van der Waals surface area contributed by atoms with Crippen LogP contribution < -0.4 is 9.44 Å². The van der Waals surface area contributed by atoms with Crippen LogP contribution in [0.4, 0.5) is 0 Å². The van der Waals surface area contributed by atoms with Crippen LogP contribution in [0.1, 0.15) is 109 Å². The van der Waals surface area contributed by atoms with Gasteiger partial charge in [-0.15, -0.1) is 11.3 Å². The molecule has 2 aliphatic rings. The first kappa shape index (κ1) is 65.7. The van der Waals surface area contributed by atoms with Gasteiger partial charge in [0.1, 0.15) is 21.4 Å². The van der Waals surface area contributed by atoms with Gasteiger partial charge < -0.3 is 18.6 Å². The van der Waals surface area contributed by atoms with Crippen LogP contribution in [0.2, 0.25) is 0 Å². The minimum atomic E-state index is -4.45. The molecule has 20 heteroatoms. The molecule has 2 unspecified atom stereocenters. The number of pyridine rings is 1. The molecule has 0 saturated carbocycles. The second-order valence-electron chi connectivity index (χ2n) is 25.0. The number of carbonyl (C=O) groups excluding carboxylic acids is 2. The number of rotatable bonds is 21. The Kier molecular flexibility index (Phi) is 19.1. The highest BCUT2D eigenvalue weighted by atomic mass is 32.2. The first-order valence-corrected chi connectivity index (χ1v) is 36.4. The first-order valence-electron chi connectivity index (χ1n) is 32.6. The van der Waals surface area contributed by atoms with Crippen molar-refractivity contribution in [2.24, 2.45) is 0 Å². The van der Waals surface area contributed by atoms with Crippen molar-refractivity contribution in [3.05, 3.63) is 254 Å². The van der Waals surface area contributed by atoms with E-state index in [4.69, 9.17) is 24.4 Å². The van der Waals surface area contributed by atoms with Gasteiger partial charge in [-0.1, -0.05) is 147 Å². The predicted octanol–water partition coefficient (Wildman–Crippen LogP) is 12.8. The highest BCUT2D eigenvalue weighted by Crippen LogP contribution is 2.39. The number of nitrogens with one attached hydrogen (secondary N) is 2. The van der Waals surface area contributed by atoms with E-state index in [0.29, 0.717) is 86.9 Å². The van der Waals surface area contributed by atoms with Gasteiger partial charge in [0.05, 0.1) is 54.3 Å². The molecular weight excluding hydrogens is 1260 g/mol. The number of fused-ring (bicyclic) bond motifs is 2. The molecule has 13 rings (SSSR count). The minimum Gasteiger partial charge on any atom is -0.379 e. The van der Waals surface area contributed by atoms with E-state index < -0.39 is 37.8 Å². The molecule has 96 heavy (non-hydrogen) atoms. The van der Waals surface area contributed by atoms with E-state index in [9.17, 15) is 26.4 Å². The van der Waals surface area contributed by atoms with E-state index >= 15 is 0 Å². The van der Waals surface area contributed by atoms with Crippen molar-refractivity contribution in [3.63, 3.8) is 0 Å². The van der Waals surface area contributed by atoms with Gasteiger partial charge in [-0.3, -0.25) is 19.4 Å². The summed E-state index contributed by atoms with van der Waals surface area (Å²) in [5.74, 6) is -0.496. The monoisotopic (exact) mass is 1340 g/mol. The van der Waals surface area contributed by atoms with Crippen LogP contribution in [0.25, 0.3) is 44.5 Å². The van der Waals surface area contributed by atoms with Gasteiger partial charge >= 0.3 is 0 Å². The summed E-state index contributed by atoms with van der Waals surface area (Å²) in [7, 11) is -8.82. The molecule has 492 valence electrons. The van der Waals surface area contributed by atoms with Crippen LogP contribution in [-0.4, -0.2) is 109 Å². The molecule has 2 N–H and O–H groups in total. The summed E-state index contributed by atoms with van der Waals surface area (Å²) in [5, 5.41) is 0. The van der Waals surface area contributed by atoms with Crippen LogP contribution in [0.15, 0.2) is 185 Å². The number of nitrogens with zero attached hydrogens (tertiary/aromatic N) is 7.